The molecule has 0 aromatic carbocycles. The Hall–Kier alpha value is -0.440. The molecule has 0 fully saturated rings. The molecule has 0 radical (unpaired) electrons. The average molecular weight is 644 g/mol. The molecule has 0 rings (SSSR count). The van der Waals surface area contributed by atoms with Crippen LogP contribution in [0.15, 0.2) is 0 Å². The van der Waals surface area contributed by atoms with Crippen LogP contribution in [0.3, 0.4) is 0 Å². The molecule has 0 heterocycles. The predicted octanol–water partition coefficient (Wildman–Crippen LogP) is 0.451. The van der Waals surface area contributed by atoms with Crippen molar-refractivity contribution in [3.05, 3.63) is 0 Å². The lowest BCUT2D eigenvalue weighted by molar-refractivity contribution is 0.155. The molecular formula is C34H81N11. The minimum absolute atomic E-state index is 0.362. The fraction of sp³-hybridized carbons (Fsp3) is 1.00. The van der Waals surface area contributed by atoms with Gasteiger partial charge >= 0.3 is 0 Å². The van der Waals surface area contributed by atoms with Gasteiger partial charge in [0.2, 0.25) is 0 Å². The van der Waals surface area contributed by atoms with E-state index >= 15 is 0 Å². The summed E-state index contributed by atoms with van der Waals surface area (Å²) in [6.07, 6.45) is 4.81. The van der Waals surface area contributed by atoms with Gasteiger partial charge < -0.3 is 43.8 Å². The molecule has 11 N–H and O–H groups in total. The van der Waals surface area contributed by atoms with Crippen molar-refractivity contribution >= 4 is 0 Å². The molecule has 0 aromatic heterocycles. The van der Waals surface area contributed by atoms with Gasteiger partial charge in [0.15, 0.2) is 0 Å². The molecule has 0 unspecified atom stereocenters. The maximum absolute atomic E-state index is 5.96. The summed E-state index contributed by atoms with van der Waals surface area (Å²) in [5.41, 5.74) is 24.2. The van der Waals surface area contributed by atoms with Gasteiger partial charge in [0.05, 0.1) is 0 Å². The minimum Gasteiger partial charge on any atom is -0.329 e. The summed E-state index contributed by atoms with van der Waals surface area (Å²) < 4.78 is 0. The van der Waals surface area contributed by atoms with Crippen molar-refractivity contribution < 1.29 is 0 Å². The normalized spacial score (nSPS) is 12.9. The van der Waals surface area contributed by atoms with Crippen LogP contribution in [0.25, 0.3) is 0 Å². The van der Waals surface area contributed by atoms with E-state index in [9.17, 15) is 0 Å². The number of nitrogens with one attached hydrogen (secondary N) is 3. The molecule has 0 aliphatic carbocycles. The zero-order valence-electron chi connectivity index (χ0n) is 31.0. The SMILES string of the molecule is CCC(C)(CC)CNCCN(CCN(CCN)CCN)CCN(CCNCCN)CCNCCN(CCN)CC(C)(CC)CC. The van der Waals surface area contributed by atoms with Crippen LogP contribution in [-0.2, 0) is 0 Å². The molecule has 0 aromatic rings. The molecule has 0 spiro atoms. The highest BCUT2D eigenvalue weighted by atomic mass is 15.2. The van der Waals surface area contributed by atoms with Crippen molar-refractivity contribution in [1.82, 2.24) is 35.6 Å². The fourth-order valence-electron chi connectivity index (χ4n) is 5.59. The van der Waals surface area contributed by atoms with Crippen LogP contribution < -0.4 is 38.9 Å². The zero-order chi connectivity index (χ0) is 33.8. The van der Waals surface area contributed by atoms with Crippen LogP contribution >= 0.6 is 0 Å². The summed E-state index contributed by atoms with van der Waals surface area (Å²) in [4.78, 5) is 10.2. The van der Waals surface area contributed by atoms with E-state index in [2.05, 4.69) is 77.1 Å². The van der Waals surface area contributed by atoms with Gasteiger partial charge in [-0.15, -0.1) is 0 Å². The van der Waals surface area contributed by atoms with Gasteiger partial charge in [-0.25, -0.2) is 0 Å². The molecule has 0 saturated carbocycles. The lowest BCUT2D eigenvalue weighted by Gasteiger charge is -2.34. The smallest absolute Gasteiger partial charge is 0.0110 e. The van der Waals surface area contributed by atoms with Crippen LogP contribution in [0.2, 0.25) is 0 Å². The van der Waals surface area contributed by atoms with E-state index in [-0.39, 0.29) is 0 Å². The standard InChI is InChI=1S/C34H81N11/c1-7-33(5,8-2)31-41-19-25-44(29-27-42(20-12-36)21-13-37)30-28-43(23-16-39-15-11-35)24-17-40-18-26-45(22-14-38)32-34(6,9-3)10-4/h39-41H,7-32,35-38H2,1-6H3. The van der Waals surface area contributed by atoms with Crippen LogP contribution in [-0.4, -0.2) is 164 Å². The number of hydrogen-bond donors (Lipinski definition) is 7. The summed E-state index contributed by atoms with van der Waals surface area (Å²) in [5, 5.41) is 11.0. The molecule has 11 heteroatoms. The third kappa shape index (κ3) is 22.7. The van der Waals surface area contributed by atoms with Crippen molar-refractivity contribution in [3.8, 4) is 0 Å². The van der Waals surface area contributed by atoms with E-state index < -0.39 is 0 Å². The van der Waals surface area contributed by atoms with Gasteiger partial charge in [-0.2, -0.15) is 0 Å². The molecule has 0 bridgehead atoms. The summed E-state index contributed by atoms with van der Waals surface area (Å²) in [7, 11) is 0. The maximum atomic E-state index is 5.96. The Morgan fingerprint density at radius 2 is 0.756 bits per heavy atom. The van der Waals surface area contributed by atoms with Crippen molar-refractivity contribution in [2.24, 2.45) is 33.8 Å². The second kappa shape index (κ2) is 28.6. The first-order valence-electron chi connectivity index (χ1n) is 18.5. The Bertz CT molecular complexity index is 625. The second-order valence-corrected chi connectivity index (χ2v) is 13.7. The van der Waals surface area contributed by atoms with E-state index in [4.69, 9.17) is 22.9 Å². The van der Waals surface area contributed by atoms with Crippen molar-refractivity contribution in [3.63, 3.8) is 0 Å². The Morgan fingerprint density at radius 3 is 1.18 bits per heavy atom. The molecule has 272 valence electrons. The molecule has 0 saturated heterocycles. The van der Waals surface area contributed by atoms with Crippen molar-refractivity contribution in [1.29, 1.82) is 0 Å². The van der Waals surface area contributed by atoms with Gasteiger partial charge in [-0.1, -0.05) is 41.5 Å². The van der Waals surface area contributed by atoms with Gasteiger partial charge in [-0.05, 0) is 36.5 Å². The van der Waals surface area contributed by atoms with E-state index in [0.717, 1.165) is 118 Å². The number of rotatable bonds is 34. The minimum atomic E-state index is 0.362. The lowest BCUT2D eigenvalue weighted by atomic mass is 9.84. The Labute approximate surface area is 280 Å². The van der Waals surface area contributed by atoms with E-state index in [1.807, 2.05) is 0 Å². The van der Waals surface area contributed by atoms with Crippen LogP contribution in [0.1, 0.15) is 67.2 Å². The molecule has 0 aliphatic heterocycles. The van der Waals surface area contributed by atoms with E-state index in [1.165, 1.54) is 25.7 Å². The molecule has 0 atom stereocenters. The van der Waals surface area contributed by atoms with Gasteiger partial charge in [0.25, 0.3) is 0 Å². The summed E-state index contributed by atoms with van der Waals surface area (Å²) in [6, 6.07) is 0. The number of nitrogens with two attached hydrogens (primary N) is 4. The largest absolute Gasteiger partial charge is 0.329 e. The molecule has 0 amide bonds. The monoisotopic (exact) mass is 644 g/mol. The van der Waals surface area contributed by atoms with Crippen molar-refractivity contribution in [2.75, 3.05) is 144 Å². The van der Waals surface area contributed by atoms with E-state index in [0.29, 0.717) is 37.0 Å². The first-order chi connectivity index (χ1) is 21.7. The highest BCUT2D eigenvalue weighted by molar-refractivity contribution is 4.78. The maximum Gasteiger partial charge on any atom is 0.0110 e. The van der Waals surface area contributed by atoms with Gasteiger partial charge in [0, 0.05) is 144 Å². The van der Waals surface area contributed by atoms with Gasteiger partial charge in [0.1, 0.15) is 0 Å². The third-order valence-corrected chi connectivity index (χ3v) is 10.1. The Morgan fingerprint density at radius 1 is 0.400 bits per heavy atom. The first kappa shape index (κ1) is 44.6. The van der Waals surface area contributed by atoms with Crippen LogP contribution in [0.4, 0.5) is 0 Å². The summed E-state index contributed by atoms with van der Waals surface area (Å²) in [6.45, 7) is 34.8. The molecule has 45 heavy (non-hydrogen) atoms. The van der Waals surface area contributed by atoms with Crippen molar-refractivity contribution in [2.45, 2.75) is 67.2 Å². The predicted molar refractivity (Wildman–Crippen MR) is 198 cm³/mol. The quantitative estimate of drug-likeness (QED) is 0.0490. The Balaban J connectivity index is 5.12. The first-order valence-corrected chi connectivity index (χ1v) is 18.5. The molecule has 11 nitrogen and oxygen atoms in total. The highest BCUT2D eigenvalue weighted by Crippen LogP contribution is 2.26. The molecular weight excluding hydrogens is 562 g/mol. The lowest BCUT2D eigenvalue weighted by Crippen LogP contribution is -2.46. The third-order valence-electron chi connectivity index (χ3n) is 10.1. The van der Waals surface area contributed by atoms with Crippen LogP contribution in [0.5, 0.6) is 0 Å². The summed E-state index contributed by atoms with van der Waals surface area (Å²) >= 11 is 0. The summed E-state index contributed by atoms with van der Waals surface area (Å²) in [5.74, 6) is 0. The molecule has 0 aliphatic rings. The second-order valence-electron chi connectivity index (χ2n) is 13.7. The van der Waals surface area contributed by atoms with Crippen LogP contribution in [0, 0.1) is 10.8 Å². The zero-order valence-corrected chi connectivity index (χ0v) is 31.0. The average Bonchev–Trinajstić information content (AvgIpc) is 3.05. The van der Waals surface area contributed by atoms with E-state index in [1.54, 1.807) is 0 Å². The highest BCUT2D eigenvalue weighted by Gasteiger charge is 2.23. The topological polar surface area (TPSA) is 153 Å². The number of nitrogens with zero attached hydrogens (tertiary/aromatic N) is 4. The van der Waals surface area contributed by atoms with Gasteiger partial charge in [-0.3, -0.25) is 14.7 Å². The Kier molecular flexibility index (Phi) is 28.3. The fourth-order valence-corrected chi connectivity index (χ4v) is 5.59. The number of hydrogen-bond acceptors (Lipinski definition) is 11.